The average Bonchev–Trinajstić information content (AvgIpc) is 3.02. The van der Waals surface area contributed by atoms with Gasteiger partial charge in [-0.15, -0.1) is 0 Å². The van der Waals surface area contributed by atoms with Crippen LogP contribution in [-0.2, 0) is 4.79 Å². The summed E-state index contributed by atoms with van der Waals surface area (Å²) >= 11 is 5.96. The van der Waals surface area contributed by atoms with Gasteiger partial charge >= 0.3 is 0 Å². The summed E-state index contributed by atoms with van der Waals surface area (Å²) in [5.74, 6) is 5.87. The summed E-state index contributed by atoms with van der Waals surface area (Å²) in [5, 5.41) is 12.2. The van der Waals surface area contributed by atoms with Crippen LogP contribution in [0.5, 0.6) is 0 Å². The first kappa shape index (κ1) is 14.9. The van der Waals surface area contributed by atoms with E-state index >= 15 is 0 Å². The maximum atomic E-state index is 12.1. The summed E-state index contributed by atoms with van der Waals surface area (Å²) in [5.41, 5.74) is 1.45. The lowest BCUT2D eigenvalue weighted by Crippen LogP contribution is -2.17. The highest BCUT2D eigenvalue weighted by atomic mass is 35.5. The minimum absolute atomic E-state index is 0.0194. The van der Waals surface area contributed by atoms with Gasteiger partial charge in [0, 0.05) is 22.9 Å². The van der Waals surface area contributed by atoms with Gasteiger partial charge in [0.2, 0.25) is 5.91 Å². The van der Waals surface area contributed by atoms with Gasteiger partial charge in [-0.05, 0) is 30.0 Å². The summed E-state index contributed by atoms with van der Waals surface area (Å²) in [4.78, 5) is 12.1. The highest BCUT2D eigenvalue weighted by Gasteiger charge is 2.50. The predicted molar refractivity (Wildman–Crippen MR) is 80.6 cm³/mol. The second kappa shape index (κ2) is 5.87. The molecule has 4 heteroatoms. The van der Waals surface area contributed by atoms with Crippen molar-refractivity contribution < 1.29 is 9.90 Å². The molecule has 1 atom stereocenters. The maximum Gasteiger partial charge on any atom is 0.228 e. The maximum absolute atomic E-state index is 12.1. The number of halogens is 1. The van der Waals surface area contributed by atoms with Gasteiger partial charge in [0.1, 0.15) is 0 Å². The molecule has 1 aromatic rings. The monoisotopic (exact) mass is 291 g/mol. The molecule has 1 saturated carbocycles. The minimum atomic E-state index is 0.0194. The van der Waals surface area contributed by atoms with Crippen molar-refractivity contribution in [3.63, 3.8) is 0 Å². The molecule has 0 aromatic heterocycles. The Morgan fingerprint density at radius 3 is 2.85 bits per heavy atom. The summed E-state index contributed by atoms with van der Waals surface area (Å²) in [7, 11) is 0. The van der Waals surface area contributed by atoms with Crippen LogP contribution in [0.2, 0.25) is 5.02 Å². The Kier molecular flexibility index (Phi) is 4.37. The molecule has 0 spiro atoms. The fourth-order valence-corrected chi connectivity index (χ4v) is 2.25. The molecule has 1 fully saturated rings. The molecular formula is C16H18ClNO2. The molecule has 106 valence electrons. The third kappa shape index (κ3) is 3.53. The summed E-state index contributed by atoms with van der Waals surface area (Å²) in [6.07, 6.45) is 1.31. The van der Waals surface area contributed by atoms with Crippen LogP contribution in [0.1, 0.15) is 32.3 Å². The van der Waals surface area contributed by atoms with E-state index < -0.39 is 0 Å². The lowest BCUT2D eigenvalue weighted by Gasteiger charge is -2.09. The van der Waals surface area contributed by atoms with Gasteiger partial charge in [-0.2, -0.15) is 0 Å². The van der Waals surface area contributed by atoms with Crippen molar-refractivity contribution in [2.24, 2.45) is 11.3 Å². The zero-order valence-electron chi connectivity index (χ0n) is 11.7. The highest BCUT2D eigenvalue weighted by Crippen LogP contribution is 2.52. The van der Waals surface area contributed by atoms with Crippen molar-refractivity contribution in [1.29, 1.82) is 0 Å². The molecule has 1 amide bonds. The van der Waals surface area contributed by atoms with Crippen molar-refractivity contribution in [1.82, 2.24) is 0 Å². The average molecular weight is 292 g/mol. The van der Waals surface area contributed by atoms with E-state index in [1.165, 1.54) is 0 Å². The Labute approximate surface area is 124 Å². The molecule has 2 N–H and O–H groups in total. The summed E-state index contributed by atoms with van der Waals surface area (Å²) in [6.45, 7) is 4.19. The van der Waals surface area contributed by atoms with Crippen molar-refractivity contribution in [2.45, 2.75) is 26.7 Å². The van der Waals surface area contributed by atoms with E-state index in [2.05, 4.69) is 31.0 Å². The molecule has 0 saturated heterocycles. The molecule has 0 bridgehead atoms. The first-order valence-corrected chi connectivity index (χ1v) is 7.02. The van der Waals surface area contributed by atoms with E-state index in [1.807, 2.05) is 0 Å². The number of carbonyl (C=O) groups is 1. The summed E-state index contributed by atoms with van der Waals surface area (Å²) in [6, 6.07) is 5.21. The molecule has 20 heavy (non-hydrogen) atoms. The van der Waals surface area contributed by atoms with E-state index in [9.17, 15) is 4.79 Å². The standard InChI is InChI=1S/C16H18ClNO2/c1-16(2)10-13(16)15(20)18-14-7-6-12(17)9-11(14)5-3-4-8-19/h6-7,9,13,19H,4,8,10H2,1-2H3,(H,18,20). The number of aliphatic hydroxyl groups excluding tert-OH is 1. The molecule has 0 heterocycles. The Morgan fingerprint density at radius 2 is 2.25 bits per heavy atom. The van der Waals surface area contributed by atoms with Crippen molar-refractivity contribution >= 4 is 23.2 Å². The molecule has 0 aliphatic heterocycles. The van der Waals surface area contributed by atoms with Crippen LogP contribution in [0.3, 0.4) is 0 Å². The van der Waals surface area contributed by atoms with Crippen LogP contribution in [0.15, 0.2) is 18.2 Å². The SMILES string of the molecule is CC1(C)CC1C(=O)Nc1ccc(Cl)cc1C#CCCO. The molecule has 3 nitrogen and oxygen atoms in total. The zero-order chi connectivity index (χ0) is 14.8. The van der Waals surface area contributed by atoms with E-state index in [4.69, 9.17) is 16.7 Å². The third-order valence-corrected chi connectivity index (χ3v) is 3.76. The number of benzene rings is 1. The lowest BCUT2D eigenvalue weighted by atomic mass is 10.1. The van der Waals surface area contributed by atoms with Crippen molar-refractivity contribution in [2.75, 3.05) is 11.9 Å². The zero-order valence-corrected chi connectivity index (χ0v) is 12.4. The van der Waals surface area contributed by atoms with E-state index in [0.29, 0.717) is 22.7 Å². The normalized spacial score (nSPS) is 18.9. The molecule has 1 aliphatic carbocycles. The first-order chi connectivity index (χ1) is 9.44. The van der Waals surface area contributed by atoms with Gasteiger partial charge in [0.25, 0.3) is 0 Å². The van der Waals surface area contributed by atoms with E-state index in [-0.39, 0.29) is 23.8 Å². The first-order valence-electron chi connectivity index (χ1n) is 6.64. The van der Waals surface area contributed by atoms with Crippen LogP contribution in [0.4, 0.5) is 5.69 Å². The fourth-order valence-electron chi connectivity index (χ4n) is 2.08. The number of rotatable bonds is 3. The van der Waals surface area contributed by atoms with Gasteiger partial charge in [-0.3, -0.25) is 4.79 Å². The molecule has 1 aliphatic rings. The van der Waals surface area contributed by atoms with Gasteiger partial charge < -0.3 is 10.4 Å². The molecule has 2 rings (SSSR count). The Bertz CT molecular complexity index is 584. The van der Waals surface area contributed by atoms with Crippen LogP contribution >= 0.6 is 11.6 Å². The lowest BCUT2D eigenvalue weighted by molar-refractivity contribution is -0.118. The second-order valence-corrected chi connectivity index (χ2v) is 6.14. The number of anilines is 1. The molecular weight excluding hydrogens is 274 g/mol. The number of hydrogen-bond acceptors (Lipinski definition) is 2. The predicted octanol–water partition coefficient (Wildman–Crippen LogP) is 3.06. The Balaban J connectivity index is 2.15. The number of hydrogen-bond donors (Lipinski definition) is 2. The van der Waals surface area contributed by atoms with Gasteiger partial charge in [-0.25, -0.2) is 0 Å². The number of nitrogens with one attached hydrogen (secondary N) is 1. The molecule has 1 unspecified atom stereocenters. The van der Waals surface area contributed by atoms with Crippen LogP contribution in [0, 0.1) is 23.2 Å². The van der Waals surface area contributed by atoms with Gasteiger partial charge in [0.15, 0.2) is 0 Å². The van der Waals surface area contributed by atoms with Crippen LogP contribution in [-0.4, -0.2) is 17.6 Å². The van der Waals surface area contributed by atoms with Crippen LogP contribution in [0.25, 0.3) is 0 Å². The highest BCUT2D eigenvalue weighted by molar-refractivity contribution is 6.30. The van der Waals surface area contributed by atoms with Crippen molar-refractivity contribution in [3.05, 3.63) is 28.8 Å². The largest absolute Gasteiger partial charge is 0.395 e. The Morgan fingerprint density at radius 1 is 1.55 bits per heavy atom. The fraction of sp³-hybridized carbons (Fsp3) is 0.438. The second-order valence-electron chi connectivity index (χ2n) is 5.70. The van der Waals surface area contributed by atoms with Gasteiger partial charge in [0.05, 0.1) is 12.3 Å². The number of aliphatic hydroxyl groups is 1. The summed E-state index contributed by atoms with van der Waals surface area (Å²) < 4.78 is 0. The van der Waals surface area contributed by atoms with Crippen LogP contribution < -0.4 is 5.32 Å². The minimum Gasteiger partial charge on any atom is -0.395 e. The van der Waals surface area contributed by atoms with E-state index in [1.54, 1.807) is 18.2 Å². The number of carbonyl (C=O) groups excluding carboxylic acids is 1. The Hall–Kier alpha value is -1.50. The van der Waals surface area contributed by atoms with Gasteiger partial charge in [-0.1, -0.05) is 37.3 Å². The smallest absolute Gasteiger partial charge is 0.228 e. The molecule has 0 radical (unpaired) electrons. The third-order valence-electron chi connectivity index (χ3n) is 3.53. The topological polar surface area (TPSA) is 49.3 Å². The molecule has 1 aromatic carbocycles. The van der Waals surface area contributed by atoms with Crippen molar-refractivity contribution in [3.8, 4) is 11.8 Å². The van der Waals surface area contributed by atoms with E-state index in [0.717, 1.165) is 6.42 Å². The quantitative estimate of drug-likeness (QED) is 0.841. The number of amides is 1.